The molecule has 1 aliphatic rings. The number of hydrogen-bond donors (Lipinski definition) is 2. The zero-order valence-corrected chi connectivity index (χ0v) is 10.5. The SMILES string of the molecule is Cl.O=C(Nc1cccc(F)c1F)C1CCNCC1. The van der Waals surface area contributed by atoms with Crippen LogP contribution in [0.25, 0.3) is 0 Å². The molecule has 0 spiro atoms. The minimum absolute atomic E-state index is 0. The van der Waals surface area contributed by atoms with Crippen molar-refractivity contribution in [1.82, 2.24) is 5.32 Å². The zero-order chi connectivity index (χ0) is 12.3. The van der Waals surface area contributed by atoms with E-state index in [2.05, 4.69) is 10.6 Å². The lowest BCUT2D eigenvalue weighted by molar-refractivity contribution is -0.120. The molecule has 6 heteroatoms. The van der Waals surface area contributed by atoms with Crippen LogP contribution in [0, 0.1) is 17.6 Å². The monoisotopic (exact) mass is 276 g/mol. The van der Waals surface area contributed by atoms with Crippen molar-refractivity contribution < 1.29 is 13.6 Å². The predicted molar refractivity (Wildman–Crippen MR) is 67.8 cm³/mol. The van der Waals surface area contributed by atoms with Gasteiger partial charge in [0.1, 0.15) is 0 Å². The van der Waals surface area contributed by atoms with Crippen LogP contribution in [-0.4, -0.2) is 19.0 Å². The molecule has 2 rings (SSSR count). The normalized spacial score (nSPS) is 15.9. The molecule has 0 bridgehead atoms. The minimum Gasteiger partial charge on any atom is -0.323 e. The third-order valence-electron chi connectivity index (χ3n) is 2.92. The maximum atomic E-state index is 13.3. The molecule has 0 unspecified atom stereocenters. The summed E-state index contributed by atoms with van der Waals surface area (Å²) in [6.07, 6.45) is 1.45. The molecule has 0 aliphatic carbocycles. The molecule has 0 aromatic heterocycles. The Labute approximate surface area is 110 Å². The first-order chi connectivity index (χ1) is 8.18. The second-order valence-electron chi connectivity index (χ2n) is 4.11. The van der Waals surface area contributed by atoms with Crippen LogP contribution in [0.2, 0.25) is 0 Å². The molecule has 1 heterocycles. The largest absolute Gasteiger partial charge is 0.323 e. The first-order valence-corrected chi connectivity index (χ1v) is 5.64. The fraction of sp³-hybridized carbons (Fsp3) is 0.417. The van der Waals surface area contributed by atoms with Crippen molar-refractivity contribution in [1.29, 1.82) is 0 Å². The number of anilines is 1. The van der Waals surface area contributed by atoms with Gasteiger partial charge in [0, 0.05) is 5.92 Å². The molecule has 0 atom stereocenters. The molecule has 100 valence electrons. The average molecular weight is 277 g/mol. The fourth-order valence-corrected chi connectivity index (χ4v) is 1.92. The fourth-order valence-electron chi connectivity index (χ4n) is 1.92. The number of nitrogens with one attached hydrogen (secondary N) is 2. The van der Waals surface area contributed by atoms with Crippen LogP contribution < -0.4 is 10.6 Å². The Bertz CT molecular complexity index is 423. The van der Waals surface area contributed by atoms with E-state index in [1.807, 2.05) is 0 Å². The Balaban J connectivity index is 0.00000162. The number of benzene rings is 1. The number of carbonyl (C=O) groups excluding carboxylic acids is 1. The highest BCUT2D eigenvalue weighted by atomic mass is 35.5. The van der Waals surface area contributed by atoms with E-state index in [-0.39, 0.29) is 29.9 Å². The smallest absolute Gasteiger partial charge is 0.227 e. The number of rotatable bonds is 2. The van der Waals surface area contributed by atoms with Gasteiger partial charge < -0.3 is 10.6 Å². The van der Waals surface area contributed by atoms with Crippen molar-refractivity contribution in [3.8, 4) is 0 Å². The Morgan fingerprint density at radius 1 is 1.28 bits per heavy atom. The van der Waals surface area contributed by atoms with Crippen molar-refractivity contribution >= 4 is 24.0 Å². The highest BCUT2D eigenvalue weighted by molar-refractivity contribution is 5.92. The van der Waals surface area contributed by atoms with Crippen LogP contribution in [0.15, 0.2) is 18.2 Å². The van der Waals surface area contributed by atoms with Crippen LogP contribution in [0.4, 0.5) is 14.5 Å². The molecule has 3 nitrogen and oxygen atoms in total. The van der Waals surface area contributed by atoms with E-state index >= 15 is 0 Å². The standard InChI is InChI=1S/C12H14F2N2O.ClH/c13-9-2-1-3-10(11(9)14)16-12(17)8-4-6-15-7-5-8;/h1-3,8,15H,4-7H2,(H,16,17);1H. The van der Waals surface area contributed by atoms with Crippen molar-refractivity contribution in [2.24, 2.45) is 5.92 Å². The van der Waals surface area contributed by atoms with Crippen molar-refractivity contribution in [3.05, 3.63) is 29.8 Å². The number of halogens is 3. The molecular weight excluding hydrogens is 262 g/mol. The van der Waals surface area contributed by atoms with E-state index in [1.54, 1.807) is 0 Å². The quantitative estimate of drug-likeness (QED) is 0.870. The molecule has 1 fully saturated rings. The summed E-state index contributed by atoms with van der Waals surface area (Å²) in [7, 11) is 0. The van der Waals surface area contributed by atoms with E-state index in [9.17, 15) is 13.6 Å². The first-order valence-electron chi connectivity index (χ1n) is 5.64. The number of carbonyl (C=O) groups is 1. The van der Waals surface area contributed by atoms with Gasteiger partial charge in [-0.1, -0.05) is 6.07 Å². The van der Waals surface area contributed by atoms with Gasteiger partial charge in [-0.25, -0.2) is 8.78 Å². The summed E-state index contributed by atoms with van der Waals surface area (Å²) in [5.41, 5.74) is -0.0893. The predicted octanol–water partition coefficient (Wildman–Crippen LogP) is 2.32. The van der Waals surface area contributed by atoms with Gasteiger partial charge in [-0.3, -0.25) is 4.79 Å². The molecule has 0 radical (unpaired) electrons. The minimum atomic E-state index is -1.00. The van der Waals surface area contributed by atoms with Gasteiger partial charge in [-0.15, -0.1) is 12.4 Å². The van der Waals surface area contributed by atoms with E-state index in [0.29, 0.717) is 0 Å². The number of piperidine rings is 1. The lowest BCUT2D eigenvalue weighted by Gasteiger charge is -2.21. The average Bonchev–Trinajstić information content (AvgIpc) is 2.36. The molecule has 1 aromatic carbocycles. The maximum absolute atomic E-state index is 13.3. The van der Waals surface area contributed by atoms with Crippen LogP contribution in [0.1, 0.15) is 12.8 Å². The van der Waals surface area contributed by atoms with Crippen LogP contribution >= 0.6 is 12.4 Å². The molecule has 2 N–H and O–H groups in total. The third kappa shape index (κ3) is 3.40. The van der Waals surface area contributed by atoms with Crippen molar-refractivity contribution in [3.63, 3.8) is 0 Å². The Kier molecular flexibility index (Phi) is 5.50. The third-order valence-corrected chi connectivity index (χ3v) is 2.92. The van der Waals surface area contributed by atoms with Gasteiger partial charge >= 0.3 is 0 Å². The molecule has 0 saturated carbocycles. The summed E-state index contributed by atoms with van der Waals surface area (Å²) in [4.78, 5) is 11.8. The maximum Gasteiger partial charge on any atom is 0.227 e. The highest BCUT2D eigenvalue weighted by Gasteiger charge is 2.22. The van der Waals surface area contributed by atoms with Crippen molar-refractivity contribution in [2.75, 3.05) is 18.4 Å². The highest BCUT2D eigenvalue weighted by Crippen LogP contribution is 2.19. The van der Waals surface area contributed by atoms with Crippen molar-refractivity contribution in [2.45, 2.75) is 12.8 Å². The Morgan fingerprint density at radius 3 is 2.61 bits per heavy atom. The van der Waals surface area contributed by atoms with Gasteiger partial charge in [-0.2, -0.15) is 0 Å². The topological polar surface area (TPSA) is 41.1 Å². The lowest BCUT2D eigenvalue weighted by atomic mass is 9.97. The number of hydrogen-bond acceptors (Lipinski definition) is 2. The zero-order valence-electron chi connectivity index (χ0n) is 9.71. The molecule has 1 aromatic rings. The second kappa shape index (κ2) is 6.66. The van der Waals surface area contributed by atoms with E-state index in [0.717, 1.165) is 32.0 Å². The Hall–Kier alpha value is -1.20. The summed E-state index contributed by atoms with van der Waals surface area (Å²) in [6.45, 7) is 1.56. The van der Waals surface area contributed by atoms with E-state index in [1.165, 1.54) is 12.1 Å². The van der Waals surface area contributed by atoms with Gasteiger partial charge in [0.25, 0.3) is 0 Å². The molecular formula is C12H15ClF2N2O. The van der Waals surface area contributed by atoms with Crippen LogP contribution in [0.3, 0.4) is 0 Å². The first kappa shape index (κ1) is 14.9. The second-order valence-corrected chi connectivity index (χ2v) is 4.11. The van der Waals surface area contributed by atoms with Gasteiger partial charge in [0.15, 0.2) is 11.6 Å². The van der Waals surface area contributed by atoms with Gasteiger partial charge in [0.2, 0.25) is 5.91 Å². The van der Waals surface area contributed by atoms with Gasteiger partial charge in [0.05, 0.1) is 5.69 Å². The van der Waals surface area contributed by atoms with E-state index < -0.39 is 11.6 Å². The molecule has 1 saturated heterocycles. The Morgan fingerprint density at radius 2 is 1.94 bits per heavy atom. The molecule has 18 heavy (non-hydrogen) atoms. The van der Waals surface area contributed by atoms with Crippen LogP contribution in [0.5, 0.6) is 0 Å². The van der Waals surface area contributed by atoms with E-state index in [4.69, 9.17) is 0 Å². The summed E-state index contributed by atoms with van der Waals surface area (Å²) in [6, 6.07) is 3.75. The lowest BCUT2D eigenvalue weighted by Crippen LogP contribution is -2.34. The summed E-state index contributed by atoms with van der Waals surface area (Å²) >= 11 is 0. The van der Waals surface area contributed by atoms with Crippen LogP contribution in [-0.2, 0) is 4.79 Å². The molecule has 1 aliphatic heterocycles. The summed E-state index contributed by atoms with van der Waals surface area (Å²) in [5.74, 6) is -2.32. The number of amides is 1. The van der Waals surface area contributed by atoms with Gasteiger partial charge in [-0.05, 0) is 38.1 Å². The molecule has 1 amide bonds. The summed E-state index contributed by atoms with van der Waals surface area (Å²) < 4.78 is 26.3. The summed E-state index contributed by atoms with van der Waals surface area (Å²) in [5, 5.41) is 5.58.